The standard InChI is InChI=1S/C65H47Cl2N6/c1-5-71-55-24-16-40-30-47(55)49-33-45(21-25-57(49)71)64(43-17-11-37(3)12-18-43)51-9-7-27-68-59(51)60-53(64)31-41(35-69-60)39-15-23-56-48(29-39)50-34-46(22-26-58(50)72(56)6-2)65(44-19-13-38(4)14-20-44)52-10-8-28-73(63(66)67)62(52)61-54(65)32-42(40)36-70-61/h7-36,63H,5-6H2,1-4H3/q+1/t64-,65-/m0/s1. The molecule has 73 heavy (non-hydrogen) atoms. The van der Waals surface area contributed by atoms with Crippen LogP contribution in [-0.2, 0) is 23.9 Å². The Hall–Kier alpha value is -7.90. The van der Waals surface area contributed by atoms with Gasteiger partial charge in [0.05, 0.1) is 22.2 Å². The third-order valence-corrected chi connectivity index (χ3v) is 17.2. The predicted octanol–water partition coefficient (Wildman–Crippen LogP) is 15.3. The fourth-order valence-electron chi connectivity index (χ4n) is 13.5. The second-order valence-corrected chi connectivity index (χ2v) is 21.3. The van der Waals surface area contributed by atoms with E-state index in [2.05, 4.69) is 201 Å². The van der Waals surface area contributed by atoms with Crippen molar-refractivity contribution in [2.24, 2.45) is 0 Å². The first-order valence-electron chi connectivity index (χ1n) is 25.3. The van der Waals surface area contributed by atoms with Gasteiger partial charge in [-0.3, -0.25) is 9.97 Å². The third kappa shape index (κ3) is 5.55. The maximum Gasteiger partial charge on any atom is 0.310 e. The predicted molar refractivity (Wildman–Crippen MR) is 297 cm³/mol. The molecule has 0 fully saturated rings. The van der Waals surface area contributed by atoms with E-state index in [0.717, 1.165) is 91.5 Å². The molecule has 0 radical (unpaired) electrons. The first-order valence-corrected chi connectivity index (χ1v) is 26.2. The molecule has 12 bridgehead atoms. The first-order chi connectivity index (χ1) is 35.7. The van der Waals surface area contributed by atoms with Crippen LogP contribution in [0.15, 0.2) is 183 Å². The van der Waals surface area contributed by atoms with Crippen molar-refractivity contribution in [3.8, 4) is 45.0 Å². The van der Waals surface area contributed by atoms with E-state index in [1.165, 1.54) is 65.9 Å². The van der Waals surface area contributed by atoms with Crippen molar-refractivity contribution >= 4 is 66.8 Å². The van der Waals surface area contributed by atoms with Crippen molar-refractivity contribution in [3.63, 3.8) is 0 Å². The molecule has 3 aliphatic rings. The minimum absolute atomic E-state index is 0.722. The molecule has 8 heteroatoms. The maximum atomic E-state index is 6.93. The number of hydrogen-bond donors (Lipinski definition) is 0. The average molecular weight is 983 g/mol. The van der Waals surface area contributed by atoms with Gasteiger partial charge in [-0.2, -0.15) is 4.57 Å². The van der Waals surface area contributed by atoms with Gasteiger partial charge in [0.15, 0.2) is 6.20 Å². The Kier molecular flexibility index (Phi) is 8.97. The van der Waals surface area contributed by atoms with Gasteiger partial charge in [-0.05, 0) is 163 Å². The highest BCUT2D eigenvalue weighted by Gasteiger charge is 2.53. The van der Waals surface area contributed by atoms with Gasteiger partial charge in [0.25, 0.3) is 0 Å². The summed E-state index contributed by atoms with van der Waals surface area (Å²) in [6.45, 7) is 10.4. The molecule has 6 aromatic heterocycles. The van der Waals surface area contributed by atoms with E-state index in [1.54, 1.807) is 0 Å². The molecule has 6 nitrogen and oxygen atoms in total. The van der Waals surface area contributed by atoms with Crippen LogP contribution in [0.3, 0.4) is 0 Å². The van der Waals surface area contributed by atoms with Crippen molar-refractivity contribution < 1.29 is 4.57 Å². The molecular formula is C65H47Cl2N6+. The number of fused-ring (bicyclic) bond motifs is 16. The molecule has 0 saturated carbocycles. The summed E-state index contributed by atoms with van der Waals surface area (Å²) in [6.07, 6.45) is 7.97. The van der Waals surface area contributed by atoms with E-state index in [9.17, 15) is 0 Å². The normalized spacial score (nSPS) is 17.0. The zero-order chi connectivity index (χ0) is 49.1. The lowest BCUT2D eigenvalue weighted by atomic mass is 9.67. The summed E-state index contributed by atoms with van der Waals surface area (Å²) >= 11 is 13.9. The minimum Gasteiger partial charge on any atom is -0.341 e. The van der Waals surface area contributed by atoms with Crippen LogP contribution in [0.25, 0.3) is 88.6 Å². The highest BCUT2D eigenvalue weighted by Crippen LogP contribution is 2.58. The van der Waals surface area contributed by atoms with Crippen LogP contribution >= 0.6 is 23.2 Å². The monoisotopic (exact) mass is 981 g/mol. The summed E-state index contributed by atoms with van der Waals surface area (Å²) in [7, 11) is 0. The summed E-state index contributed by atoms with van der Waals surface area (Å²) in [4.78, 5) is 15.2. The molecule has 12 aromatic rings. The van der Waals surface area contributed by atoms with E-state index < -0.39 is 15.8 Å². The lowest BCUT2D eigenvalue weighted by molar-refractivity contribution is -0.673. The first kappa shape index (κ1) is 42.8. The second kappa shape index (κ2) is 15.3. The van der Waals surface area contributed by atoms with Crippen molar-refractivity contribution in [1.82, 2.24) is 24.1 Å². The number of benzene rings is 6. The molecule has 0 aliphatic heterocycles. The van der Waals surface area contributed by atoms with Crippen LogP contribution in [0.2, 0.25) is 0 Å². The molecule has 0 unspecified atom stereocenters. The zero-order valence-corrected chi connectivity index (χ0v) is 42.3. The molecular weight excluding hydrogens is 936 g/mol. The van der Waals surface area contributed by atoms with Gasteiger partial charge >= 0.3 is 4.96 Å². The summed E-state index contributed by atoms with van der Waals surface area (Å²) < 4.78 is 6.86. The van der Waals surface area contributed by atoms with Gasteiger partial charge in [0, 0.05) is 109 Å². The summed E-state index contributed by atoms with van der Waals surface area (Å²) in [5, 5.41) is 4.74. The van der Waals surface area contributed by atoms with E-state index >= 15 is 0 Å². The van der Waals surface area contributed by atoms with E-state index in [4.69, 9.17) is 38.2 Å². The molecule has 2 atom stereocenters. The number of pyridine rings is 4. The van der Waals surface area contributed by atoms with Crippen molar-refractivity contribution in [1.29, 1.82) is 0 Å². The van der Waals surface area contributed by atoms with Crippen LogP contribution in [0.5, 0.6) is 0 Å². The number of hydrogen-bond acceptors (Lipinski definition) is 3. The largest absolute Gasteiger partial charge is 0.341 e. The van der Waals surface area contributed by atoms with Crippen LogP contribution in [0, 0.1) is 13.8 Å². The fourth-order valence-corrected chi connectivity index (χ4v) is 13.8. The van der Waals surface area contributed by atoms with E-state index in [0.29, 0.717) is 0 Å². The number of aromatic nitrogens is 6. The Labute approximate surface area is 432 Å². The van der Waals surface area contributed by atoms with Crippen molar-refractivity contribution in [3.05, 3.63) is 238 Å². The van der Waals surface area contributed by atoms with Crippen molar-refractivity contribution in [2.75, 3.05) is 0 Å². The second-order valence-electron chi connectivity index (χ2n) is 20.2. The minimum atomic E-state index is -0.841. The molecule has 15 rings (SSSR count). The Bertz CT molecular complexity index is 4360. The van der Waals surface area contributed by atoms with Gasteiger partial charge in [-0.15, -0.1) is 0 Å². The lowest BCUT2D eigenvalue weighted by Crippen LogP contribution is -2.37. The lowest BCUT2D eigenvalue weighted by Gasteiger charge is -2.33. The van der Waals surface area contributed by atoms with Gasteiger partial charge in [0.2, 0.25) is 5.69 Å². The topological polar surface area (TPSA) is 52.4 Å². The molecule has 6 aromatic carbocycles. The average Bonchev–Trinajstić information content (AvgIpc) is 4.13. The fraction of sp³-hybridized carbons (Fsp3) is 0.138. The quantitative estimate of drug-likeness (QED) is 0.128. The van der Waals surface area contributed by atoms with Crippen LogP contribution < -0.4 is 4.57 Å². The number of halogens is 2. The molecule has 0 saturated heterocycles. The Morgan fingerprint density at radius 3 is 1.44 bits per heavy atom. The number of rotatable bonds is 5. The van der Waals surface area contributed by atoms with Crippen molar-refractivity contribution in [2.45, 2.75) is 56.6 Å². The molecule has 6 heterocycles. The van der Waals surface area contributed by atoms with E-state index in [-0.39, 0.29) is 0 Å². The highest BCUT2D eigenvalue weighted by molar-refractivity contribution is 6.40. The molecule has 3 aliphatic carbocycles. The van der Waals surface area contributed by atoms with Gasteiger partial charge in [0.1, 0.15) is 5.69 Å². The van der Waals surface area contributed by atoms with Gasteiger partial charge < -0.3 is 9.13 Å². The Morgan fingerprint density at radius 2 is 0.904 bits per heavy atom. The van der Waals surface area contributed by atoms with Gasteiger partial charge in [-0.1, -0.05) is 90.0 Å². The molecule has 0 N–H and O–H groups in total. The Balaban J connectivity index is 1.13. The zero-order valence-electron chi connectivity index (χ0n) is 40.8. The summed E-state index contributed by atoms with van der Waals surface area (Å²) in [5.41, 5.74) is 22.5. The van der Waals surface area contributed by atoms with Gasteiger partial charge in [-0.25, -0.2) is 4.98 Å². The number of nitrogens with zero attached hydrogens (tertiary/aromatic N) is 6. The number of aryl methyl sites for hydroxylation is 4. The molecule has 0 spiro atoms. The summed E-state index contributed by atoms with van der Waals surface area (Å²) in [5.74, 6) is 0. The molecule has 350 valence electrons. The SMILES string of the molecule is CCn1c2ccc3cc2c2cc(ccc21)[C@@]1(c2ccc(C)cc2)c2cccnc2-c2ncc(cc21)-c1ccc2c(c1)c1cc(ccc1n2CC)[C@]1(c2ccc(C)cc2)c2cc-3cnc2-c2c1ccc[n+]2C(Cl)Cl. The van der Waals surface area contributed by atoms with Crippen LogP contribution in [0.1, 0.15) is 74.4 Å². The maximum absolute atomic E-state index is 6.93. The summed E-state index contributed by atoms with van der Waals surface area (Å²) in [6, 6.07) is 59.8. The number of alkyl halides is 2. The smallest absolute Gasteiger partial charge is 0.310 e. The Morgan fingerprint density at radius 1 is 0.452 bits per heavy atom. The van der Waals surface area contributed by atoms with Crippen LogP contribution in [0.4, 0.5) is 0 Å². The molecule has 0 amide bonds. The highest BCUT2D eigenvalue weighted by atomic mass is 35.5. The third-order valence-electron chi connectivity index (χ3n) is 16.7. The van der Waals surface area contributed by atoms with E-state index in [1.807, 2.05) is 23.2 Å². The van der Waals surface area contributed by atoms with Crippen LogP contribution in [-0.4, -0.2) is 24.1 Å².